The molecule has 3 aromatic rings. The molecule has 166 valence electrons. The van der Waals surface area contributed by atoms with Crippen molar-refractivity contribution in [3.8, 4) is 11.1 Å². The van der Waals surface area contributed by atoms with Crippen LogP contribution in [0.1, 0.15) is 36.4 Å². The molecule has 2 N–H and O–H groups in total. The molecule has 4 heteroatoms. The van der Waals surface area contributed by atoms with Crippen LogP contribution in [-0.4, -0.2) is 41.7 Å². The summed E-state index contributed by atoms with van der Waals surface area (Å²) in [7, 11) is 0. The van der Waals surface area contributed by atoms with Crippen LogP contribution in [0.25, 0.3) is 11.1 Å². The van der Waals surface area contributed by atoms with Gasteiger partial charge < -0.3 is 10.4 Å². The number of aliphatic carboxylic acids is 1. The van der Waals surface area contributed by atoms with Gasteiger partial charge in [-0.15, -0.1) is 0 Å². The van der Waals surface area contributed by atoms with Crippen molar-refractivity contribution >= 4 is 5.97 Å². The highest BCUT2D eigenvalue weighted by Gasteiger charge is 2.27. The third-order valence-corrected chi connectivity index (χ3v) is 6.27. The molecule has 32 heavy (non-hydrogen) atoms. The summed E-state index contributed by atoms with van der Waals surface area (Å²) in [5.41, 5.74) is 5.15. The zero-order chi connectivity index (χ0) is 22.2. The van der Waals surface area contributed by atoms with Crippen molar-refractivity contribution in [3.63, 3.8) is 0 Å². The summed E-state index contributed by atoms with van der Waals surface area (Å²) in [5, 5.41) is 12.8. The third kappa shape index (κ3) is 6.28. The van der Waals surface area contributed by atoms with Gasteiger partial charge in [0, 0.05) is 31.6 Å². The van der Waals surface area contributed by atoms with Gasteiger partial charge in [0.1, 0.15) is 0 Å². The number of nitrogens with one attached hydrogen (secondary N) is 1. The van der Waals surface area contributed by atoms with Crippen LogP contribution < -0.4 is 5.32 Å². The van der Waals surface area contributed by atoms with Gasteiger partial charge in [-0.25, -0.2) is 0 Å². The van der Waals surface area contributed by atoms with E-state index in [1.807, 2.05) is 12.1 Å². The maximum atomic E-state index is 10.9. The summed E-state index contributed by atoms with van der Waals surface area (Å²) >= 11 is 0. The maximum absolute atomic E-state index is 10.9. The molecule has 0 aromatic heterocycles. The minimum atomic E-state index is -0.713. The molecular formula is C28H32N2O2. The van der Waals surface area contributed by atoms with Crippen LogP contribution in [0, 0.1) is 0 Å². The normalized spacial score (nSPS) is 19.0. The predicted molar refractivity (Wildman–Crippen MR) is 130 cm³/mol. The lowest BCUT2D eigenvalue weighted by molar-refractivity contribution is -0.137. The van der Waals surface area contributed by atoms with Crippen molar-refractivity contribution in [1.82, 2.24) is 10.2 Å². The molecule has 2 atom stereocenters. The predicted octanol–water partition coefficient (Wildman–Crippen LogP) is 5.17. The fourth-order valence-electron chi connectivity index (χ4n) is 4.57. The van der Waals surface area contributed by atoms with E-state index in [2.05, 4.69) is 83.0 Å². The van der Waals surface area contributed by atoms with Crippen molar-refractivity contribution in [2.45, 2.75) is 37.8 Å². The highest BCUT2D eigenvalue weighted by molar-refractivity contribution is 5.66. The van der Waals surface area contributed by atoms with Gasteiger partial charge in [-0.05, 0) is 48.1 Å². The van der Waals surface area contributed by atoms with E-state index >= 15 is 0 Å². The fourth-order valence-corrected chi connectivity index (χ4v) is 4.57. The van der Waals surface area contributed by atoms with Gasteiger partial charge in [0.2, 0.25) is 0 Å². The largest absolute Gasteiger partial charge is 0.481 e. The van der Waals surface area contributed by atoms with Crippen LogP contribution >= 0.6 is 0 Å². The number of aryl methyl sites for hydroxylation is 1. The average Bonchev–Trinajstić information content (AvgIpc) is 2.84. The summed E-state index contributed by atoms with van der Waals surface area (Å²) in [5.74, 6) is -0.713. The molecule has 1 fully saturated rings. The molecule has 4 nitrogen and oxygen atoms in total. The van der Waals surface area contributed by atoms with Gasteiger partial charge in [0.05, 0.1) is 0 Å². The van der Waals surface area contributed by atoms with E-state index in [1.54, 1.807) is 0 Å². The molecule has 3 aromatic carbocycles. The van der Waals surface area contributed by atoms with E-state index in [9.17, 15) is 4.79 Å². The Balaban J connectivity index is 1.37. The van der Waals surface area contributed by atoms with Crippen LogP contribution in [0.5, 0.6) is 0 Å². The zero-order valence-corrected chi connectivity index (χ0v) is 18.5. The second kappa shape index (κ2) is 11.1. The lowest BCUT2D eigenvalue weighted by Crippen LogP contribution is -2.52. The number of hydrogen-bond acceptors (Lipinski definition) is 3. The molecule has 4 rings (SSSR count). The van der Waals surface area contributed by atoms with E-state index in [4.69, 9.17) is 5.11 Å². The van der Waals surface area contributed by atoms with Crippen LogP contribution in [0.2, 0.25) is 0 Å². The molecule has 1 saturated heterocycles. The van der Waals surface area contributed by atoms with E-state index < -0.39 is 5.97 Å². The molecule has 1 aliphatic rings. The Morgan fingerprint density at radius 1 is 0.875 bits per heavy atom. The summed E-state index contributed by atoms with van der Waals surface area (Å²) in [6, 6.07) is 30.6. The zero-order valence-electron chi connectivity index (χ0n) is 18.5. The highest BCUT2D eigenvalue weighted by Crippen LogP contribution is 2.23. The van der Waals surface area contributed by atoms with Gasteiger partial charge in [0.25, 0.3) is 0 Å². The van der Waals surface area contributed by atoms with E-state index in [1.165, 1.54) is 22.3 Å². The Morgan fingerprint density at radius 2 is 1.53 bits per heavy atom. The Kier molecular flexibility index (Phi) is 7.70. The van der Waals surface area contributed by atoms with Crippen LogP contribution in [0.15, 0.2) is 84.9 Å². The topological polar surface area (TPSA) is 52.6 Å². The molecule has 0 radical (unpaired) electrons. The van der Waals surface area contributed by atoms with Crippen molar-refractivity contribution in [2.75, 3.05) is 19.6 Å². The van der Waals surface area contributed by atoms with Gasteiger partial charge >= 0.3 is 5.97 Å². The number of rotatable bonds is 9. The van der Waals surface area contributed by atoms with E-state index in [0.717, 1.165) is 32.5 Å². The summed E-state index contributed by atoms with van der Waals surface area (Å²) < 4.78 is 0. The maximum Gasteiger partial charge on any atom is 0.303 e. The molecule has 0 amide bonds. The SMILES string of the molecule is O=C(O)CCCN1CC(CCc2ccc(-c3ccccc3)cc2)NC(c2ccccc2)C1. The first kappa shape index (κ1) is 22.3. The van der Waals surface area contributed by atoms with Crippen LogP contribution in [-0.2, 0) is 11.2 Å². The summed E-state index contributed by atoms with van der Waals surface area (Å²) in [4.78, 5) is 13.4. The smallest absolute Gasteiger partial charge is 0.303 e. The Morgan fingerprint density at radius 3 is 2.22 bits per heavy atom. The van der Waals surface area contributed by atoms with Crippen molar-refractivity contribution in [1.29, 1.82) is 0 Å². The first-order valence-electron chi connectivity index (χ1n) is 11.6. The number of carboxylic acid groups (broad SMARTS) is 1. The third-order valence-electron chi connectivity index (χ3n) is 6.27. The minimum Gasteiger partial charge on any atom is -0.481 e. The number of carbonyl (C=O) groups is 1. The molecule has 0 spiro atoms. The molecule has 1 aliphatic heterocycles. The lowest BCUT2D eigenvalue weighted by atomic mass is 9.96. The molecular weight excluding hydrogens is 396 g/mol. The quantitative estimate of drug-likeness (QED) is 0.494. The molecule has 2 unspecified atom stereocenters. The van der Waals surface area contributed by atoms with Crippen molar-refractivity contribution in [3.05, 3.63) is 96.1 Å². The Hall–Kier alpha value is -2.95. The average molecular weight is 429 g/mol. The van der Waals surface area contributed by atoms with Gasteiger partial charge in [-0.3, -0.25) is 9.69 Å². The summed E-state index contributed by atoms with van der Waals surface area (Å²) in [6.07, 6.45) is 3.02. The Bertz CT molecular complexity index is 973. The van der Waals surface area contributed by atoms with Gasteiger partial charge in [0.15, 0.2) is 0 Å². The monoisotopic (exact) mass is 428 g/mol. The minimum absolute atomic E-state index is 0.234. The number of carboxylic acids is 1. The van der Waals surface area contributed by atoms with Crippen LogP contribution in [0.4, 0.5) is 0 Å². The molecule has 0 saturated carbocycles. The fraction of sp³-hybridized carbons (Fsp3) is 0.321. The Labute approximate surface area is 190 Å². The highest BCUT2D eigenvalue weighted by atomic mass is 16.4. The van der Waals surface area contributed by atoms with Gasteiger partial charge in [-0.1, -0.05) is 84.9 Å². The molecule has 0 bridgehead atoms. The summed E-state index contributed by atoms with van der Waals surface area (Å²) in [6.45, 7) is 2.72. The van der Waals surface area contributed by atoms with Crippen LogP contribution in [0.3, 0.4) is 0 Å². The molecule has 0 aliphatic carbocycles. The van der Waals surface area contributed by atoms with Gasteiger partial charge in [-0.2, -0.15) is 0 Å². The first-order chi connectivity index (χ1) is 15.7. The second-order valence-corrected chi connectivity index (χ2v) is 8.69. The standard InChI is InChI=1S/C28H32N2O2/c31-28(32)12-7-19-30-20-26(29-27(21-30)25-10-5-2-6-11-25)18-15-22-13-16-24(17-14-22)23-8-3-1-4-9-23/h1-6,8-11,13-14,16-17,26-27,29H,7,12,15,18-21H2,(H,31,32). The number of hydrogen-bond donors (Lipinski definition) is 2. The second-order valence-electron chi connectivity index (χ2n) is 8.69. The first-order valence-corrected chi connectivity index (χ1v) is 11.6. The van der Waals surface area contributed by atoms with Crippen molar-refractivity contribution < 1.29 is 9.90 Å². The lowest BCUT2D eigenvalue weighted by Gasteiger charge is -2.39. The van der Waals surface area contributed by atoms with E-state index in [0.29, 0.717) is 12.5 Å². The van der Waals surface area contributed by atoms with E-state index in [-0.39, 0.29) is 12.5 Å². The molecule has 1 heterocycles. The number of nitrogens with zero attached hydrogens (tertiary/aromatic N) is 1. The number of piperazine rings is 1. The number of benzene rings is 3. The van der Waals surface area contributed by atoms with Crippen molar-refractivity contribution in [2.24, 2.45) is 0 Å².